The zero-order valence-electron chi connectivity index (χ0n) is 12.9. The van der Waals surface area contributed by atoms with Gasteiger partial charge in [0.1, 0.15) is 17.3 Å². The van der Waals surface area contributed by atoms with Gasteiger partial charge in [0.2, 0.25) is 10.0 Å². The molecule has 130 valence electrons. The Labute approximate surface area is 143 Å². The molecule has 0 saturated heterocycles. The highest BCUT2D eigenvalue weighted by Gasteiger charge is 2.30. The Hall–Kier alpha value is -1.55. The van der Waals surface area contributed by atoms with Crippen LogP contribution in [0.5, 0.6) is 0 Å². The minimum Gasteiger partial charge on any atom is -0.377 e. The third kappa shape index (κ3) is 3.30. The van der Waals surface area contributed by atoms with Crippen LogP contribution in [-0.2, 0) is 27.9 Å². The number of fused-ring (bicyclic) bond motifs is 1. The van der Waals surface area contributed by atoms with Crippen LogP contribution in [0.4, 0.5) is 4.39 Å². The fourth-order valence-electron chi connectivity index (χ4n) is 2.64. The van der Waals surface area contributed by atoms with Gasteiger partial charge >= 0.3 is 0 Å². The van der Waals surface area contributed by atoms with Gasteiger partial charge in [-0.25, -0.2) is 27.2 Å². The lowest BCUT2D eigenvalue weighted by Crippen LogP contribution is -2.33. The molecule has 0 aliphatic carbocycles. The summed E-state index contributed by atoms with van der Waals surface area (Å²) in [6, 6.07) is 3.28. The summed E-state index contributed by atoms with van der Waals surface area (Å²) in [5.41, 5.74) is 0. The molecule has 0 radical (unpaired) electrons. The van der Waals surface area contributed by atoms with Crippen LogP contribution in [0.25, 0.3) is 0 Å². The van der Waals surface area contributed by atoms with E-state index in [-0.39, 0.29) is 11.6 Å². The van der Waals surface area contributed by atoms with Crippen molar-refractivity contribution in [2.24, 2.45) is 0 Å². The second-order valence-electron chi connectivity index (χ2n) is 5.41. The van der Waals surface area contributed by atoms with Crippen LogP contribution in [-0.4, -0.2) is 30.3 Å². The topological polar surface area (TPSA) is 86.1 Å². The van der Waals surface area contributed by atoms with Crippen molar-refractivity contribution in [1.29, 1.82) is 0 Å². The van der Waals surface area contributed by atoms with Crippen molar-refractivity contribution in [2.45, 2.75) is 36.9 Å². The summed E-state index contributed by atoms with van der Waals surface area (Å²) < 4.78 is 48.3. The zero-order chi connectivity index (χ0) is 17.3. The average Bonchev–Trinajstić information content (AvgIpc) is 2.93. The van der Waals surface area contributed by atoms with Gasteiger partial charge in [0.15, 0.2) is 11.6 Å². The Kier molecular flexibility index (Phi) is 4.86. The van der Waals surface area contributed by atoms with Crippen molar-refractivity contribution in [3.8, 4) is 0 Å². The lowest BCUT2D eigenvalue weighted by Gasteiger charge is -2.23. The maximum Gasteiger partial charge on any atom is 0.244 e. The minimum atomic E-state index is -4.08. The Balaban J connectivity index is 1.90. The number of halogens is 2. The molecule has 1 aromatic carbocycles. The first-order valence-electron chi connectivity index (χ1n) is 7.31. The molecule has 7 nitrogen and oxygen atoms in total. The number of benzene rings is 1. The van der Waals surface area contributed by atoms with Crippen LogP contribution in [0.2, 0.25) is 5.02 Å². The average molecular weight is 375 g/mol. The summed E-state index contributed by atoms with van der Waals surface area (Å²) in [6.45, 7) is 0.887. The van der Waals surface area contributed by atoms with E-state index in [9.17, 15) is 12.8 Å². The number of nitrogens with zero attached hydrogens (tertiary/aromatic N) is 3. The first-order chi connectivity index (χ1) is 11.4. The fraction of sp³-hybridized carbons (Fsp3) is 0.429. The molecule has 0 bridgehead atoms. The molecule has 10 heteroatoms. The monoisotopic (exact) mass is 374 g/mol. The number of sulfonamides is 1. The predicted molar refractivity (Wildman–Crippen MR) is 84.4 cm³/mol. The number of rotatable bonds is 5. The van der Waals surface area contributed by atoms with Gasteiger partial charge in [-0.05, 0) is 25.0 Å². The highest BCUT2D eigenvalue weighted by molar-refractivity contribution is 7.89. The molecule has 0 saturated carbocycles. The molecule has 1 aliphatic heterocycles. The Morgan fingerprint density at radius 1 is 1.50 bits per heavy atom. The molecule has 0 spiro atoms. The number of aryl methyl sites for hydroxylation is 1. The van der Waals surface area contributed by atoms with Crippen molar-refractivity contribution in [2.75, 3.05) is 7.11 Å². The summed E-state index contributed by atoms with van der Waals surface area (Å²) in [5.74, 6) is 0.0101. The number of hydrogen-bond acceptors (Lipinski definition) is 5. The van der Waals surface area contributed by atoms with Crippen LogP contribution < -0.4 is 4.72 Å². The normalized spacial score (nSPS) is 17.7. The summed E-state index contributed by atoms with van der Waals surface area (Å²) in [5, 5.41) is 4.03. The molecule has 1 aliphatic rings. The first-order valence-corrected chi connectivity index (χ1v) is 9.17. The third-order valence-electron chi connectivity index (χ3n) is 3.70. The molecule has 3 rings (SSSR count). The van der Waals surface area contributed by atoms with E-state index >= 15 is 0 Å². The number of nitrogens with one attached hydrogen (secondary N) is 1. The van der Waals surface area contributed by atoms with Crippen LogP contribution in [0.1, 0.15) is 30.5 Å². The van der Waals surface area contributed by atoms with Crippen LogP contribution in [0.3, 0.4) is 0 Å². The molecule has 0 fully saturated rings. The summed E-state index contributed by atoms with van der Waals surface area (Å²) in [4.78, 5) is 3.84. The van der Waals surface area contributed by atoms with E-state index in [4.69, 9.17) is 16.3 Å². The van der Waals surface area contributed by atoms with Crippen molar-refractivity contribution >= 4 is 21.6 Å². The Bertz CT molecular complexity index is 856. The second kappa shape index (κ2) is 6.75. The zero-order valence-corrected chi connectivity index (χ0v) is 14.4. The highest BCUT2D eigenvalue weighted by Crippen LogP contribution is 2.27. The van der Waals surface area contributed by atoms with Gasteiger partial charge in [-0.1, -0.05) is 17.7 Å². The van der Waals surface area contributed by atoms with Gasteiger partial charge in [0.25, 0.3) is 0 Å². The van der Waals surface area contributed by atoms with Crippen LogP contribution in [0, 0.1) is 5.82 Å². The highest BCUT2D eigenvalue weighted by atomic mass is 35.5. The van der Waals surface area contributed by atoms with E-state index in [1.54, 1.807) is 4.68 Å². The van der Waals surface area contributed by atoms with Crippen LogP contribution >= 0.6 is 11.6 Å². The molecular formula is C14H16ClFN4O3S. The molecule has 2 heterocycles. The Morgan fingerprint density at radius 3 is 3.04 bits per heavy atom. The molecule has 0 amide bonds. The lowest BCUT2D eigenvalue weighted by atomic mass is 10.1. The standard InChI is InChI=1S/C14H16ClFN4O3S/c1-23-8-12-17-14-10(5-3-7-20(14)18-12)19-24(21,22)11-6-2-4-9(15)13(11)16/h2,4,6,10,19H,3,5,7-8H2,1H3/t10-/m0/s1. The molecule has 1 N–H and O–H groups in total. The van der Waals surface area contributed by atoms with E-state index in [1.165, 1.54) is 25.3 Å². The third-order valence-corrected chi connectivity index (χ3v) is 5.48. The van der Waals surface area contributed by atoms with Gasteiger partial charge in [-0.15, -0.1) is 0 Å². The smallest absolute Gasteiger partial charge is 0.244 e. The van der Waals surface area contributed by atoms with Crippen molar-refractivity contribution < 1.29 is 17.5 Å². The number of ether oxygens (including phenoxy) is 1. The number of hydrogen-bond donors (Lipinski definition) is 1. The molecule has 1 atom stereocenters. The molecule has 24 heavy (non-hydrogen) atoms. The molecule has 0 unspecified atom stereocenters. The second-order valence-corrected chi connectivity index (χ2v) is 7.50. The summed E-state index contributed by atoms with van der Waals surface area (Å²) in [6.07, 6.45) is 1.28. The lowest BCUT2D eigenvalue weighted by molar-refractivity contribution is 0.177. The maximum atomic E-state index is 14.1. The van der Waals surface area contributed by atoms with Gasteiger partial charge < -0.3 is 4.74 Å². The van der Waals surface area contributed by atoms with Crippen molar-refractivity contribution in [3.63, 3.8) is 0 Å². The number of methoxy groups -OCH3 is 1. The van der Waals surface area contributed by atoms with Gasteiger partial charge in [-0.3, -0.25) is 0 Å². The Morgan fingerprint density at radius 2 is 2.29 bits per heavy atom. The predicted octanol–water partition coefficient (Wildman–Crippen LogP) is 2.03. The first kappa shape index (κ1) is 17.3. The van der Waals surface area contributed by atoms with E-state index in [2.05, 4.69) is 14.8 Å². The van der Waals surface area contributed by atoms with Gasteiger partial charge in [0, 0.05) is 13.7 Å². The van der Waals surface area contributed by atoms with E-state index in [0.29, 0.717) is 24.6 Å². The maximum absolute atomic E-state index is 14.1. The molecule has 1 aromatic heterocycles. The van der Waals surface area contributed by atoms with Crippen molar-refractivity contribution in [1.82, 2.24) is 19.5 Å². The van der Waals surface area contributed by atoms with E-state index < -0.39 is 26.8 Å². The summed E-state index contributed by atoms with van der Waals surface area (Å²) in [7, 11) is -2.55. The van der Waals surface area contributed by atoms with Crippen LogP contribution in [0.15, 0.2) is 23.1 Å². The summed E-state index contributed by atoms with van der Waals surface area (Å²) >= 11 is 5.67. The van der Waals surface area contributed by atoms with Crippen molar-refractivity contribution in [3.05, 3.63) is 40.7 Å². The van der Waals surface area contributed by atoms with E-state index in [0.717, 1.165) is 6.42 Å². The van der Waals surface area contributed by atoms with Gasteiger partial charge in [-0.2, -0.15) is 5.10 Å². The molecular weight excluding hydrogens is 359 g/mol. The SMILES string of the molecule is COCc1nc2n(n1)CCC[C@@H]2NS(=O)(=O)c1cccc(Cl)c1F. The number of aromatic nitrogens is 3. The minimum absolute atomic E-state index is 0.238. The van der Waals surface area contributed by atoms with E-state index in [1.807, 2.05) is 0 Å². The van der Waals surface area contributed by atoms with Gasteiger partial charge in [0.05, 0.1) is 11.1 Å². The quantitative estimate of drug-likeness (QED) is 0.865. The fourth-order valence-corrected chi connectivity index (χ4v) is 4.20. The largest absolute Gasteiger partial charge is 0.377 e. The molecule has 2 aromatic rings.